The fourth-order valence-electron chi connectivity index (χ4n) is 2.63. The molecule has 2 rings (SSSR count). The molecule has 0 N–H and O–H groups in total. The number of carbonyl (C=O) groups is 1. The zero-order valence-electron chi connectivity index (χ0n) is 17.4. The van der Waals surface area contributed by atoms with Crippen molar-refractivity contribution in [1.29, 1.82) is 0 Å². The molecule has 2 aromatic rings. The first-order valence-corrected chi connectivity index (χ1v) is 9.59. The molecule has 0 spiro atoms. The van der Waals surface area contributed by atoms with Gasteiger partial charge in [0.05, 0.1) is 13.7 Å². The summed E-state index contributed by atoms with van der Waals surface area (Å²) in [7, 11) is 1.62. The zero-order valence-corrected chi connectivity index (χ0v) is 17.4. The van der Waals surface area contributed by atoms with E-state index in [0.29, 0.717) is 30.6 Å². The van der Waals surface area contributed by atoms with Crippen LogP contribution in [0.15, 0.2) is 48.8 Å². The lowest BCUT2D eigenvalue weighted by atomic mass is 10.1. The summed E-state index contributed by atoms with van der Waals surface area (Å²) in [6.45, 7) is 9.36. The first-order valence-electron chi connectivity index (χ1n) is 9.59. The molecular formula is C23H30N2O3. The fourth-order valence-corrected chi connectivity index (χ4v) is 2.63. The monoisotopic (exact) mass is 382 g/mol. The van der Waals surface area contributed by atoms with Crippen LogP contribution in [0.2, 0.25) is 0 Å². The second-order valence-electron chi connectivity index (χ2n) is 7.37. The SMILES string of the molecule is COc1cc(/C=C/C(=O)N(Cc2cccnc2)C(C)C)ccc1OCC(C)C. The van der Waals surface area contributed by atoms with E-state index >= 15 is 0 Å². The average molecular weight is 383 g/mol. The van der Waals surface area contributed by atoms with Gasteiger partial charge < -0.3 is 14.4 Å². The lowest BCUT2D eigenvalue weighted by molar-refractivity contribution is -0.128. The molecule has 0 bridgehead atoms. The number of nitrogens with zero attached hydrogens (tertiary/aromatic N) is 2. The van der Waals surface area contributed by atoms with Gasteiger partial charge in [-0.25, -0.2) is 0 Å². The molecule has 0 aliphatic rings. The maximum absolute atomic E-state index is 12.7. The number of methoxy groups -OCH3 is 1. The molecule has 0 aliphatic heterocycles. The van der Waals surface area contributed by atoms with Crippen molar-refractivity contribution < 1.29 is 14.3 Å². The highest BCUT2D eigenvalue weighted by Crippen LogP contribution is 2.29. The molecule has 0 saturated heterocycles. The van der Waals surface area contributed by atoms with Crippen LogP contribution in [0.4, 0.5) is 0 Å². The molecule has 0 radical (unpaired) electrons. The lowest BCUT2D eigenvalue weighted by Gasteiger charge is -2.25. The Kier molecular flexibility index (Phi) is 8.05. The highest BCUT2D eigenvalue weighted by molar-refractivity contribution is 5.92. The van der Waals surface area contributed by atoms with Gasteiger partial charge in [-0.05, 0) is 55.2 Å². The van der Waals surface area contributed by atoms with Crippen LogP contribution in [0.3, 0.4) is 0 Å². The van der Waals surface area contributed by atoms with E-state index < -0.39 is 0 Å². The molecule has 1 heterocycles. The highest BCUT2D eigenvalue weighted by atomic mass is 16.5. The molecular weight excluding hydrogens is 352 g/mol. The Balaban J connectivity index is 2.10. The largest absolute Gasteiger partial charge is 0.493 e. The molecule has 0 unspecified atom stereocenters. The van der Waals surface area contributed by atoms with Gasteiger partial charge >= 0.3 is 0 Å². The number of hydrogen-bond acceptors (Lipinski definition) is 4. The molecule has 1 aromatic carbocycles. The van der Waals surface area contributed by atoms with E-state index in [0.717, 1.165) is 11.1 Å². The van der Waals surface area contributed by atoms with Crippen LogP contribution < -0.4 is 9.47 Å². The smallest absolute Gasteiger partial charge is 0.247 e. The van der Waals surface area contributed by atoms with Gasteiger partial charge in [0, 0.05) is 31.1 Å². The molecule has 1 aromatic heterocycles. The Morgan fingerprint density at radius 3 is 2.57 bits per heavy atom. The van der Waals surface area contributed by atoms with Crippen molar-refractivity contribution in [3.05, 3.63) is 59.9 Å². The number of benzene rings is 1. The average Bonchev–Trinajstić information content (AvgIpc) is 2.69. The van der Waals surface area contributed by atoms with E-state index in [1.807, 2.05) is 49.1 Å². The maximum Gasteiger partial charge on any atom is 0.247 e. The van der Waals surface area contributed by atoms with E-state index in [1.54, 1.807) is 31.7 Å². The van der Waals surface area contributed by atoms with Gasteiger partial charge in [-0.2, -0.15) is 0 Å². The number of aromatic nitrogens is 1. The first-order chi connectivity index (χ1) is 13.4. The number of rotatable bonds is 9. The predicted molar refractivity (Wildman–Crippen MR) is 112 cm³/mol. The lowest BCUT2D eigenvalue weighted by Crippen LogP contribution is -2.35. The molecule has 0 atom stereocenters. The van der Waals surface area contributed by atoms with Crippen LogP contribution in [0, 0.1) is 5.92 Å². The minimum atomic E-state index is -0.0436. The Morgan fingerprint density at radius 2 is 1.96 bits per heavy atom. The van der Waals surface area contributed by atoms with Crippen molar-refractivity contribution in [3.63, 3.8) is 0 Å². The summed E-state index contributed by atoms with van der Waals surface area (Å²) >= 11 is 0. The van der Waals surface area contributed by atoms with Crippen LogP contribution in [0.5, 0.6) is 11.5 Å². The summed E-state index contributed by atoms with van der Waals surface area (Å²) in [6, 6.07) is 9.60. The van der Waals surface area contributed by atoms with Crippen molar-refractivity contribution in [2.24, 2.45) is 5.92 Å². The Bertz CT molecular complexity index is 786. The minimum Gasteiger partial charge on any atom is -0.493 e. The van der Waals surface area contributed by atoms with Crippen molar-refractivity contribution in [3.8, 4) is 11.5 Å². The normalized spacial score (nSPS) is 11.2. The van der Waals surface area contributed by atoms with Crippen LogP contribution >= 0.6 is 0 Å². The molecule has 0 fully saturated rings. The molecule has 1 amide bonds. The summed E-state index contributed by atoms with van der Waals surface area (Å²) in [6.07, 6.45) is 6.91. The molecule has 5 heteroatoms. The van der Waals surface area contributed by atoms with Crippen LogP contribution in [0.1, 0.15) is 38.8 Å². The quantitative estimate of drug-likeness (QED) is 0.596. The predicted octanol–water partition coefficient (Wildman–Crippen LogP) is 4.58. The van der Waals surface area contributed by atoms with Gasteiger partial charge in [-0.15, -0.1) is 0 Å². The number of hydrogen-bond donors (Lipinski definition) is 0. The van der Waals surface area contributed by atoms with E-state index in [2.05, 4.69) is 18.8 Å². The summed E-state index contributed by atoms with van der Waals surface area (Å²) in [5.41, 5.74) is 1.89. The third-order valence-corrected chi connectivity index (χ3v) is 4.16. The second kappa shape index (κ2) is 10.5. The zero-order chi connectivity index (χ0) is 20.5. The number of pyridine rings is 1. The van der Waals surface area contributed by atoms with E-state index in [4.69, 9.17) is 9.47 Å². The molecule has 5 nitrogen and oxygen atoms in total. The molecule has 150 valence electrons. The van der Waals surface area contributed by atoms with Gasteiger partial charge in [0.2, 0.25) is 5.91 Å². The van der Waals surface area contributed by atoms with E-state index in [1.165, 1.54) is 0 Å². The van der Waals surface area contributed by atoms with E-state index in [9.17, 15) is 4.79 Å². The molecule has 28 heavy (non-hydrogen) atoms. The minimum absolute atomic E-state index is 0.0436. The van der Waals surface area contributed by atoms with Crippen LogP contribution in [0.25, 0.3) is 6.08 Å². The maximum atomic E-state index is 12.7. The van der Waals surface area contributed by atoms with Crippen LogP contribution in [-0.2, 0) is 11.3 Å². The summed E-state index contributed by atoms with van der Waals surface area (Å²) in [5.74, 6) is 1.76. The third-order valence-electron chi connectivity index (χ3n) is 4.16. The number of carbonyl (C=O) groups excluding carboxylic acids is 1. The highest BCUT2D eigenvalue weighted by Gasteiger charge is 2.15. The fraction of sp³-hybridized carbons (Fsp3) is 0.391. The number of ether oxygens (including phenoxy) is 2. The second-order valence-corrected chi connectivity index (χ2v) is 7.37. The summed E-state index contributed by atoms with van der Waals surface area (Å²) < 4.78 is 11.2. The summed E-state index contributed by atoms with van der Waals surface area (Å²) in [5, 5.41) is 0. The molecule has 0 saturated carbocycles. The van der Waals surface area contributed by atoms with Crippen LogP contribution in [-0.4, -0.2) is 35.5 Å². The van der Waals surface area contributed by atoms with Crippen molar-refractivity contribution in [1.82, 2.24) is 9.88 Å². The van der Waals surface area contributed by atoms with Crippen molar-refractivity contribution >= 4 is 12.0 Å². The standard InChI is InChI=1S/C23H30N2O3/c1-17(2)16-28-21-10-8-19(13-22(21)27-5)9-11-23(26)25(18(3)4)15-20-7-6-12-24-14-20/h6-14,17-18H,15-16H2,1-5H3/b11-9+. The van der Waals surface area contributed by atoms with Gasteiger partial charge in [0.15, 0.2) is 11.5 Å². The summed E-state index contributed by atoms with van der Waals surface area (Å²) in [4.78, 5) is 18.7. The number of amides is 1. The van der Waals surface area contributed by atoms with Crippen molar-refractivity contribution in [2.75, 3.05) is 13.7 Å². The van der Waals surface area contributed by atoms with Gasteiger partial charge in [-0.1, -0.05) is 26.0 Å². The van der Waals surface area contributed by atoms with Gasteiger partial charge in [0.1, 0.15) is 0 Å². The first kappa shape index (κ1) is 21.5. The van der Waals surface area contributed by atoms with E-state index in [-0.39, 0.29) is 11.9 Å². The third kappa shape index (κ3) is 6.41. The Labute approximate surface area is 168 Å². The Hall–Kier alpha value is -2.82. The topological polar surface area (TPSA) is 51.7 Å². The van der Waals surface area contributed by atoms with Crippen molar-refractivity contribution in [2.45, 2.75) is 40.3 Å². The van der Waals surface area contributed by atoms with Gasteiger partial charge in [0.25, 0.3) is 0 Å². The van der Waals surface area contributed by atoms with Gasteiger partial charge in [-0.3, -0.25) is 9.78 Å². The molecule has 0 aliphatic carbocycles. The Morgan fingerprint density at radius 1 is 1.18 bits per heavy atom.